The third-order valence-electron chi connectivity index (χ3n) is 4.25. The smallest absolute Gasteiger partial charge is 0.315 e. The van der Waals surface area contributed by atoms with Crippen LogP contribution in [0.15, 0.2) is 0 Å². The predicted molar refractivity (Wildman–Crippen MR) is 91.5 cm³/mol. The molecule has 2 fully saturated rings. The molecule has 3 amide bonds. The molecule has 0 aromatic carbocycles. The maximum absolute atomic E-state index is 11.7. The lowest BCUT2D eigenvalue weighted by atomic mass is 10.0. The Hall–Kier alpha value is -1.06. The number of rotatable bonds is 12. The Labute approximate surface area is 146 Å². The lowest BCUT2D eigenvalue weighted by molar-refractivity contribution is -0.126. The zero-order valence-electron chi connectivity index (χ0n) is 13.8. The molecular weight excluding hydrogens is 335 g/mol. The summed E-state index contributed by atoms with van der Waals surface area (Å²) in [6.45, 7) is 2.67. The maximum Gasteiger partial charge on any atom is 0.315 e. The highest BCUT2D eigenvalue weighted by Crippen LogP contribution is 2.32. The van der Waals surface area contributed by atoms with Crippen molar-refractivity contribution in [2.75, 3.05) is 32.1 Å². The van der Waals surface area contributed by atoms with Crippen LogP contribution in [-0.4, -0.2) is 61.3 Å². The van der Waals surface area contributed by atoms with Crippen LogP contribution in [0.25, 0.3) is 0 Å². The molecule has 2 aliphatic heterocycles. The van der Waals surface area contributed by atoms with Crippen molar-refractivity contribution < 1.29 is 18.8 Å². The Bertz CT molecular complexity index is 416. The van der Waals surface area contributed by atoms with Crippen LogP contribution in [0, 0.1) is 0 Å². The number of urea groups is 1. The molecule has 3 unspecified atom stereocenters. The van der Waals surface area contributed by atoms with E-state index in [1.54, 1.807) is 0 Å². The number of halogens is 1. The minimum absolute atomic E-state index is 0.0236. The average molecular weight is 362 g/mol. The number of thioether (sulfide) groups is 1. The molecule has 2 aliphatic rings. The summed E-state index contributed by atoms with van der Waals surface area (Å²) in [7, 11) is 0. The molecular formula is C15H27FN4O3S. The van der Waals surface area contributed by atoms with Gasteiger partial charge in [0.15, 0.2) is 0 Å². The van der Waals surface area contributed by atoms with Gasteiger partial charge in [0.05, 0.1) is 25.1 Å². The van der Waals surface area contributed by atoms with Crippen molar-refractivity contribution in [3.8, 4) is 0 Å². The van der Waals surface area contributed by atoms with Crippen molar-refractivity contribution in [2.24, 2.45) is 0 Å². The number of carbonyl (C=O) groups is 2. The average Bonchev–Trinajstić information content (AvgIpc) is 3.11. The minimum atomic E-state index is -0.646. The minimum Gasteiger partial charge on any atom is -0.381 e. The van der Waals surface area contributed by atoms with Crippen LogP contribution in [0.1, 0.15) is 32.1 Å². The van der Waals surface area contributed by atoms with Crippen molar-refractivity contribution in [2.45, 2.75) is 49.4 Å². The fourth-order valence-corrected chi connectivity index (χ4v) is 4.52. The molecule has 7 nitrogen and oxygen atoms in total. The van der Waals surface area contributed by atoms with Gasteiger partial charge in [-0.15, -0.1) is 4.48 Å². The normalized spacial score (nSPS) is 25.2. The molecule has 9 heteroatoms. The van der Waals surface area contributed by atoms with Gasteiger partial charge >= 0.3 is 6.03 Å². The number of carbonyl (C=O) groups excluding carboxylic acids is 2. The van der Waals surface area contributed by atoms with E-state index < -0.39 is 5.91 Å². The summed E-state index contributed by atoms with van der Waals surface area (Å²) < 4.78 is 16.9. The van der Waals surface area contributed by atoms with Gasteiger partial charge in [-0.3, -0.25) is 4.79 Å². The van der Waals surface area contributed by atoms with Gasteiger partial charge < -0.3 is 20.7 Å². The third-order valence-corrected chi connectivity index (χ3v) is 5.76. The van der Waals surface area contributed by atoms with Crippen LogP contribution in [0.2, 0.25) is 0 Å². The molecule has 0 aliphatic carbocycles. The van der Waals surface area contributed by atoms with Crippen LogP contribution in [0.4, 0.5) is 9.28 Å². The van der Waals surface area contributed by atoms with Gasteiger partial charge in [-0.2, -0.15) is 17.3 Å². The van der Waals surface area contributed by atoms with Crippen molar-refractivity contribution in [3.05, 3.63) is 0 Å². The summed E-state index contributed by atoms with van der Waals surface area (Å²) in [5.41, 5.74) is 1.07. The van der Waals surface area contributed by atoms with Crippen LogP contribution < -0.4 is 21.5 Å². The lowest BCUT2D eigenvalue weighted by Gasteiger charge is -2.16. The van der Waals surface area contributed by atoms with E-state index in [2.05, 4.69) is 16.0 Å². The first-order valence-corrected chi connectivity index (χ1v) is 9.62. The summed E-state index contributed by atoms with van der Waals surface area (Å²) in [6, 6.07) is 0.582. The zero-order chi connectivity index (χ0) is 17.2. The summed E-state index contributed by atoms with van der Waals surface area (Å²) in [5.74, 6) is 0.368. The highest BCUT2D eigenvalue weighted by molar-refractivity contribution is 8.00. The van der Waals surface area contributed by atoms with Crippen LogP contribution >= 0.6 is 11.8 Å². The first-order chi connectivity index (χ1) is 11.7. The van der Waals surface area contributed by atoms with Gasteiger partial charge in [-0.25, -0.2) is 4.79 Å². The van der Waals surface area contributed by atoms with E-state index in [1.807, 2.05) is 11.8 Å². The highest BCUT2D eigenvalue weighted by Gasteiger charge is 2.42. The van der Waals surface area contributed by atoms with Crippen LogP contribution in [-0.2, 0) is 9.53 Å². The molecule has 3 atom stereocenters. The van der Waals surface area contributed by atoms with E-state index in [4.69, 9.17) is 4.74 Å². The standard InChI is InChI=1S/C15H27FN4O3S/c16-20-13(21)5-9-23-8-3-7-17-6-2-1-4-12-14-11(10-24-12)18-15(22)19-14/h11-12,14,17H,1-10H2,(H,20,21)(H2,18,19,22). The fraction of sp³-hybridized carbons (Fsp3) is 0.867. The number of hydrogen-bond acceptors (Lipinski definition) is 5. The number of fused-ring (bicyclic) bond motifs is 1. The molecule has 24 heavy (non-hydrogen) atoms. The topological polar surface area (TPSA) is 91.5 Å². The van der Waals surface area contributed by atoms with Crippen molar-refractivity contribution in [1.29, 1.82) is 0 Å². The fourth-order valence-electron chi connectivity index (χ4n) is 2.98. The highest BCUT2D eigenvalue weighted by atomic mass is 32.2. The van der Waals surface area contributed by atoms with E-state index in [-0.39, 0.29) is 19.1 Å². The van der Waals surface area contributed by atoms with E-state index in [0.29, 0.717) is 23.9 Å². The second-order valence-corrected chi connectivity index (χ2v) is 7.37. The van der Waals surface area contributed by atoms with Crippen LogP contribution in [0.3, 0.4) is 0 Å². The molecule has 0 spiro atoms. The molecule has 0 aromatic heterocycles. The number of nitrogens with one attached hydrogen (secondary N) is 4. The Balaban J connectivity index is 1.36. The number of unbranched alkanes of at least 4 members (excludes halogenated alkanes) is 1. The molecule has 2 saturated heterocycles. The molecule has 0 saturated carbocycles. The van der Waals surface area contributed by atoms with Gasteiger partial charge in [0, 0.05) is 17.6 Å². The largest absolute Gasteiger partial charge is 0.381 e. The van der Waals surface area contributed by atoms with Gasteiger partial charge in [0.1, 0.15) is 0 Å². The molecule has 2 heterocycles. The molecule has 0 radical (unpaired) electrons. The van der Waals surface area contributed by atoms with Crippen LogP contribution in [0.5, 0.6) is 0 Å². The molecule has 138 valence electrons. The summed E-state index contributed by atoms with van der Waals surface area (Å²) in [5, 5.41) is 9.87. The zero-order valence-corrected chi connectivity index (χ0v) is 14.6. The first kappa shape index (κ1) is 19.3. The molecule has 4 N–H and O–H groups in total. The van der Waals surface area contributed by atoms with Crippen molar-refractivity contribution >= 4 is 23.7 Å². The second-order valence-electron chi connectivity index (χ2n) is 6.10. The summed E-state index contributed by atoms with van der Waals surface area (Å²) >= 11 is 1.95. The van der Waals surface area contributed by atoms with E-state index in [0.717, 1.165) is 50.1 Å². The van der Waals surface area contributed by atoms with E-state index >= 15 is 0 Å². The van der Waals surface area contributed by atoms with Crippen molar-refractivity contribution in [3.63, 3.8) is 0 Å². The first-order valence-electron chi connectivity index (χ1n) is 8.57. The quantitative estimate of drug-likeness (QED) is 0.233. The third kappa shape index (κ3) is 6.45. The number of amides is 3. The maximum atomic E-state index is 11.7. The second kappa shape index (κ2) is 10.7. The number of ether oxygens (including phenoxy) is 1. The monoisotopic (exact) mass is 362 g/mol. The SMILES string of the molecule is O=C(CCOCCCNCCCCC1SCC2NC(=O)NC21)NF. The molecule has 2 rings (SSSR count). The molecule has 0 aromatic rings. The van der Waals surface area contributed by atoms with Gasteiger partial charge in [0.25, 0.3) is 0 Å². The van der Waals surface area contributed by atoms with E-state index in [1.165, 1.54) is 0 Å². The van der Waals surface area contributed by atoms with Crippen molar-refractivity contribution in [1.82, 2.24) is 21.5 Å². The predicted octanol–water partition coefficient (Wildman–Crippen LogP) is 0.709. The van der Waals surface area contributed by atoms with Gasteiger partial charge in [0.2, 0.25) is 5.91 Å². The summed E-state index contributed by atoms with van der Waals surface area (Å²) in [4.78, 5) is 21.9. The Morgan fingerprint density at radius 1 is 1.25 bits per heavy atom. The Morgan fingerprint density at radius 3 is 2.92 bits per heavy atom. The Morgan fingerprint density at radius 2 is 2.08 bits per heavy atom. The lowest BCUT2D eigenvalue weighted by Crippen LogP contribution is -2.36. The summed E-state index contributed by atoms with van der Waals surface area (Å²) in [6.07, 6.45) is 4.33. The van der Waals surface area contributed by atoms with E-state index in [9.17, 15) is 14.1 Å². The molecule has 0 bridgehead atoms. The van der Waals surface area contributed by atoms with Gasteiger partial charge in [-0.1, -0.05) is 6.42 Å². The van der Waals surface area contributed by atoms with Gasteiger partial charge in [-0.05, 0) is 32.4 Å². The number of hydrogen-bond donors (Lipinski definition) is 4. The Kier molecular flexibility index (Phi) is 8.62.